The van der Waals surface area contributed by atoms with E-state index in [1.54, 1.807) is 0 Å². The maximum atomic E-state index is 12.5. The third kappa shape index (κ3) is 4.42. The van der Waals surface area contributed by atoms with E-state index in [9.17, 15) is 4.79 Å². The smallest absolute Gasteiger partial charge is 0.233 e. The van der Waals surface area contributed by atoms with Crippen molar-refractivity contribution >= 4 is 17.7 Å². The van der Waals surface area contributed by atoms with Crippen molar-refractivity contribution < 1.29 is 4.79 Å². The van der Waals surface area contributed by atoms with Crippen LogP contribution in [0.3, 0.4) is 0 Å². The van der Waals surface area contributed by atoms with Crippen molar-refractivity contribution in [2.45, 2.75) is 57.1 Å². The molecule has 1 aromatic carbocycles. The van der Waals surface area contributed by atoms with Crippen molar-refractivity contribution in [2.75, 3.05) is 12.3 Å². The Balaban J connectivity index is 1.58. The molecule has 25 heavy (non-hydrogen) atoms. The molecule has 6 heteroatoms. The van der Waals surface area contributed by atoms with Crippen LogP contribution >= 0.6 is 11.8 Å². The third-order valence-corrected chi connectivity index (χ3v) is 5.68. The average Bonchev–Trinajstić information content (AvgIpc) is 3.15. The number of nitrogens with zero attached hydrogens (tertiary/aromatic N) is 3. The molecule has 1 fully saturated rings. The highest BCUT2D eigenvalue weighted by molar-refractivity contribution is 7.99. The summed E-state index contributed by atoms with van der Waals surface area (Å²) in [6, 6.07) is 8.73. The van der Waals surface area contributed by atoms with Gasteiger partial charge in [0, 0.05) is 18.2 Å². The Bertz CT molecular complexity index is 698. The van der Waals surface area contributed by atoms with Gasteiger partial charge < -0.3 is 4.90 Å². The summed E-state index contributed by atoms with van der Waals surface area (Å²) in [6.45, 7) is 5.19. The number of aromatic nitrogens is 3. The fourth-order valence-corrected chi connectivity index (χ4v) is 3.99. The summed E-state index contributed by atoms with van der Waals surface area (Å²) in [5.74, 6) is 1.36. The Morgan fingerprint density at radius 3 is 2.80 bits per heavy atom. The zero-order chi connectivity index (χ0) is 17.6. The normalized spacial score (nSPS) is 17.7. The lowest BCUT2D eigenvalue weighted by Gasteiger charge is -2.35. The standard InChI is InChI=1S/C19H26N4OS/c1-3-14-8-10-15(11-9-14)18-20-19(22-21-18)25-13-17(24)23-12-6-5-7-16(23)4-2/h8-11,16H,3-7,12-13H2,1-2H3,(H,20,21,22)/t16-/m1/s1. The van der Waals surface area contributed by atoms with Crippen molar-refractivity contribution in [1.82, 2.24) is 20.1 Å². The molecule has 0 unspecified atom stereocenters. The van der Waals surface area contributed by atoms with Gasteiger partial charge >= 0.3 is 0 Å². The second-order valence-corrected chi connectivity index (χ2v) is 7.39. The topological polar surface area (TPSA) is 61.9 Å². The number of benzene rings is 1. The first kappa shape index (κ1) is 18.0. The monoisotopic (exact) mass is 358 g/mol. The number of piperidine rings is 1. The van der Waals surface area contributed by atoms with Crippen LogP contribution in [0.5, 0.6) is 0 Å². The van der Waals surface area contributed by atoms with Crippen molar-refractivity contribution in [3.05, 3.63) is 29.8 Å². The predicted molar refractivity (Wildman–Crippen MR) is 102 cm³/mol. The molecule has 0 aliphatic carbocycles. The van der Waals surface area contributed by atoms with Gasteiger partial charge in [-0.1, -0.05) is 49.9 Å². The summed E-state index contributed by atoms with van der Waals surface area (Å²) in [4.78, 5) is 19.1. The van der Waals surface area contributed by atoms with Crippen LogP contribution < -0.4 is 0 Å². The van der Waals surface area contributed by atoms with Crippen LogP contribution in [0.4, 0.5) is 0 Å². The Labute approximate surface area is 153 Å². The van der Waals surface area contributed by atoms with Crippen molar-refractivity contribution in [1.29, 1.82) is 0 Å². The van der Waals surface area contributed by atoms with Crippen molar-refractivity contribution in [3.63, 3.8) is 0 Å². The quantitative estimate of drug-likeness (QED) is 0.795. The molecule has 3 rings (SSSR count). The summed E-state index contributed by atoms with van der Waals surface area (Å²) in [6.07, 6.45) is 5.54. The van der Waals surface area contributed by atoms with Gasteiger partial charge in [-0.25, -0.2) is 4.98 Å². The highest BCUT2D eigenvalue weighted by atomic mass is 32.2. The first-order valence-electron chi connectivity index (χ1n) is 9.15. The second kappa shape index (κ2) is 8.52. The number of rotatable bonds is 6. The van der Waals surface area contributed by atoms with E-state index in [-0.39, 0.29) is 5.91 Å². The molecular formula is C19H26N4OS. The van der Waals surface area contributed by atoms with E-state index in [0.29, 0.717) is 17.0 Å². The van der Waals surface area contributed by atoms with Crippen LogP contribution in [0.25, 0.3) is 11.4 Å². The zero-order valence-corrected chi connectivity index (χ0v) is 15.8. The van der Waals surface area contributed by atoms with Crippen LogP contribution in [0.2, 0.25) is 0 Å². The van der Waals surface area contributed by atoms with E-state index in [1.165, 1.54) is 23.7 Å². The summed E-state index contributed by atoms with van der Waals surface area (Å²) in [7, 11) is 0. The molecule has 2 aromatic rings. The number of carbonyl (C=O) groups excluding carboxylic acids is 1. The molecule has 0 radical (unpaired) electrons. The lowest BCUT2D eigenvalue weighted by molar-refractivity contribution is -0.132. The molecule has 0 saturated carbocycles. The minimum Gasteiger partial charge on any atom is -0.339 e. The molecule has 1 aromatic heterocycles. The third-order valence-electron chi connectivity index (χ3n) is 4.84. The fourth-order valence-electron chi connectivity index (χ4n) is 3.30. The van der Waals surface area contributed by atoms with E-state index in [4.69, 9.17) is 0 Å². The molecule has 1 aliphatic heterocycles. The first-order valence-corrected chi connectivity index (χ1v) is 10.1. The minimum atomic E-state index is 0.204. The van der Waals surface area contributed by atoms with Gasteiger partial charge in [0.05, 0.1) is 5.75 Å². The SMILES string of the molecule is CCc1ccc(-c2nc(SCC(=O)N3CCCC[C@H]3CC)n[nH]2)cc1. The number of carbonyl (C=O) groups is 1. The maximum Gasteiger partial charge on any atom is 0.233 e. The van der Waals surface area contributed by atoms with Gasteiger partial charge in [-0.15, -0.1) is 5.10 Å². The number of thioether (sulfide) groups is 1. The lowest BCUT2D eigenvalue weighted by Crippen LogP contribution is -2.44. The molecule has 2 heterocycles. The molecule has 1 amide bonds. The fraction of sp³-hybridized carbons (Fsp3) is 0.526. The Kier molecular flexibility index (Phi) is 6.13. The molecule has 0 spiro atoms. The summed E-state index contributed by atoms with van der Waals surface area (Å²) in [5.41, 5.74) is 2.32. The van der Waals surface area contributed by atoms with E-state index >= 15 is 0 Å². The van der Waals surface area contributed by atoms with Gasteiger partial charge in [0.25, 0.3) is 0 Å². The van der Waals surface area contributed by atoms with Gasteiger partial charge in [-0.05, 0) is 37.7 Å². The minimum absolute atomic E-state index is 0.204. The molecule has 1 aliphatic rings. The zero-order valence-electron chi connectivity index (χ0n) is 15.0. The number of likely N-dealkylation sites (tertiary alicyclic amines) is 1. The maximum absolute atomic E-state index is 12.5. The molecule has 1 atom stereocenters. The van der Waals surface area contributed by atoms with Gasteiger partial charge in [0.2, 0.25) is 11.1 Å². The van der Waals surface area contributed by atoms with Crippen LogP contribution in [0, 0.1) is 0 Å². The van der Waals surface area contributed by atoms with Gasteiger partial charge in [0.15, 0.2) is 5.82 Å². The van der Waals surface area contributed by atoms with Crippen LogP contribution in [0.15, 0.2) is 29.4 Å². The Morgan fingerprint density at radius 1 is 1.28 bits per heavy atom. The molecule has 0 bridgehead atoms. The molecule has 134 valence electrons. The Morgan fingerprint density at radius 2 is 2.08 bits per heavy atom. The number of H-pyrrole nitrogens is 1. The summed E-state index contributed by atoms with van der Waals surface area (Å²) < 4.78 is 0. The molecular weight excluding hydrogens is 332 g/mol. The Hall–Kier alpha value is -1.82. The lowest BCUT2D eigenvalue weighted by atomic mass is 10.0. The van der Waals surface area contributed by atoms with E-state index in [2.05, 4.69) is 53.3 Å². The number of hydrogen-bond acceptors (Lipinski definition) is 4. The number of aromatic amines is 1. The van der Waals surface area contributed by atoms with E-state index in [1.807, 2.05) is 4.90 Å². The van der Waals surface area contributed by atoms with E-state index < -0.39 is 0 Å². The summed E-state index contributed by atoms with van der Waals surface area (Å²) in [5, 5.41) is 7.86. The molecule has 1 N–H and O–H groups in total. The van der Waals surface area contributed by atoms with Crippen molar-refractivity contribution in [2.24, 2.45) is 0 Å². The number of aryl methyl sites for hydroxylation is 1. The average molecular weight is 359 g/mol. The highest BCUT2D eigenvalue weighted by Crippen LogP contribution is 2.23. The second-order valence-electron chi connectivity index (χ2n) is 6.45. The number of nitrogens with one attached hydrogen (secondary N) is 1. The van der Waals surface area contributed by atoms with Crippen molar-refractivity contribution in [3.8, 4) is 11.4 Å². The van der Waals surface area contributed by atoms with E-state index in [0.717, 1.165) is 43.6 Å². The first-order chi connectivity index (χ1) is 12.2. The molecule has 5 nitrogen and oxygen atoms in total. The van der Waals surface area contributed by atoms with Crippen LogP contribution in [0.1, 0.15) is 45.1 Å². The van der Waals surface area contributed by atoms with Crippen LogP contribution in [-0.2, 0) is 11.2 Å². The van der Waals surface area contributed by atoms with Gasteiger partial charge in [-0.3, -0.25) is 9.89 Å². The number of amides is 1. The predicted octanol–water partition coefficient (Wildman–Crippen LogP) is 3.92. The summed E-state index contributed by atoms with van der Waals surface area (Å²) >= 11 is 1.41. The van der Waals surface area contributed by atoms with Gasteiger partial charge in [0.1, 0.15) is 0 Å². The van der Waals surface area contributed by atoms with Gasteiger partial charge in [-0.2, -0.15) is 0 Å². The van der Waals surface area contributed by atoms with Crippen LogP contribution in [-0.4, -0.2) is 44.3 Å². The molecule has 1 saturated heterocycles. The number of hydrogen-bond donors (Lipinski definition) is 1. The highest BCUT2D eigenvalue weighted by Gasteiger charge is 2.25. The largest absolute Gasteiger partial charge is 0.339 e.